The Morgan fingerprint density at radius 2 is 1.19 bits per heavy atom. The van der Waals surface area contributed by atoms with Crippen LogP contribution in [-0.4, -0.2) is 16.2 Å². The maximum absolute atomic E-state index is 10.3. The number of carboxylic acid groups (broad SMARTS) is 1. The van der Waals surface area contributed by atoms with Crippen LogP contribution in [0.2, 0.25) is 0 Å². The van der Waals surface area contributed by atoms with Crippen molar-refractivity contribution in [1.82, 2.24) is 0 Å². The van der Waals surface area contributed by atoms with E-state index in [-0.39, 0.29) is 5.76 Å². The van der Waals surface area contributed by atoms with Gasteiger partial charge in [0, 0.05) is 6.08 Å². The Kier molecular flexibility index (Phi) is 19.2. The van der Waals surface area contributed by atoms with Crippen LogP contribution < -0.4 is 0 Å². The Morgan fingerprint density at radius 3 is 1.70 bits per heavy atom. The second-order valence-electron chi connectivity index (χ2n) is 7.11. The van der Waals surface area contributed by atoms with Gasteiger partial charge in [-0.2, -0.15) is 0 Å². The molecule has 27 heavy (non-hydrogen) atoms. The first kappa shape index (κ1) is 25.2. The van der Waals surface area contributed by atoms with Crippen LogP contribution >= 0.6 is 0 Å². The molecule has 0 aromatic rings. The zero-order valence-corrected chi connectivity index (χ0v) is 17.2. The molecule has 0 unspecified atom stereocenters. The quantitative estimate of drug-likeness (QED) is 0.112. The lowest BCUT2D eigenvalue weighted by Gasteiger charge is -2.02. The Labute approximate surface area is 166 Å². The van der Waals surface area contributed by atoms with E-state index in [0.717, 1.165) is 12.5 Å². The Morgan fingerprint density at radius 1 is 0.667 bits per heavy atom. The third kappa shape index (κ3) is 22.2. The monoisotopic (exact) mass is 376 g/mol. The molecular weight excluding hydrogens is 336 g/mol. The molecule has 0 radical (unpaired) electrons. The lowest BCUT2D eigenvalue weighted by molar-refractivity contribution is -0.131. The number of allylic oxidation sites excluding steroid dienone is 6. The maximum Gasteiger partial charge on any atom is 0.328 e. The van der Waals surface area contributed by atoms with Crippen molar-refractivity contribution in [3.8, 4) is 0 Å². The van der Waals surface area contributed by atoms with E-state index in [0.29, 0.717) is 0 Å². The largest absolute Gasteiger partial charge is 0.508 e. The van der Waals surface area contributed by atoms with Crippen LogP contribution in [0.15, 0.2) is 48.3 Å². The molecule has 3 heteroatoms. The van der Waals surface area contributed by atoms with Gasteiger partial charge in [0.15, 0.2) is 0 Å². The van der Waals surface area contributed by atoms with Gasteiger partial charge in [-0.25, -0.2) is 4.79 Å². The first-order chi connectivity index (χ1) is 13.2. The SMILES string of the molecule is CCCCCCCCCCCCCCCC=CC=CC(O)=CC=CC(=O)O. The summed E-state index contributed by atoms with van der Waals surface area (Å²) in [7, 11) is 0. The zero-order valence-electron chi connectivity index (χ0n) is 17.2. The maximum atomic E-state index is 10.3. The van der Waals surface area contributed by atoms with Gasteiger partial charge >= 0.3 is 5.97 Å². The first-order valence-electron chi connectivity index (χ1n) is 10.8. The summed E-state index contributed by atoms with van der Waals surface area (Å²) in [6, 6.07) is 0. The smallest absolute Gasteiger partial charge is 0.328 e. The number of rotatable bonds is 18. The predicted octanol–water partition coefficient (Wildman–Crippen LogP) is 7.66. The molecule has 2 N–H and O–H groups in total. The Bertz CT molecular complexity index is 458. The Hall–Kier alpha value is -1.77. The van der Waals surface area contributed by atoms with Gasteiger partial charge in [-0.1, -0.05) is 108 Å². The molecule has 0 aliphatic heterocycles. The third-order valence-electron chi connectivity index (χ3n) is 4.49. The lowest BCUT2D eigenvalue weighted by atomic mass is 10.0. The van der Waals surface area contributed by atoms with E-state index < -0.39 is 5.97 Å². The topological polar surface area (TPSA) is 57.5 Å². The van der Waals surface area contributed by atoms with Crippen LogP contribution in [0.4, 0.5) is 0 Å². The van der Waals surface area contributed by atoms with Crippen LogP contribution in [0.1, 0.15) is 96.8 Å². The molecule has 0 heterocycles. The van der Waals surface area contributed by atoms with Gasteiger partial charge in [-0.05, 0) is 25.0 Å². The highest BCUT2D eigenvalue weighted by molar-refractivity contribution is 5.80. The standard InChI is InChI=1S/C24H40O3/c1-2-3-4-5-6-7-8-9-10-11-12-13-14-15-16-17-18-20-23(25)21-19-22-24(26)27/h16-22,25H,2-15H2,1H3,(H,26,27). The fourth-order valence-corrected chi connectivity index (χ4v) is 2.89. The molecule has 0 aliphatic rings. The fourth-order valence-electron chi connectivity index (χ4n) is 2.89. The summed E-state index contributed by atoms with van der Waals surface area (Å²) in [6.07, 6.45) is 29.9. The van der Waals surface area contributed by atoms with Gasteiger partial charge in [-0.15, -0.1) is 0 Å². The van der Waals surface area contributed by atoms with E-state index in [2.05, 4.69) is 13.0 Å². The van der Waals surface area contributed by atoms with E-state index in [1.807, 2.05) is 6.08 Å². The highest BCUT2D eigenvalue weighted by Crippen LogP contribution is 2.13. The summed E-state index contributed by atoms with van der Waals surface area (Å²) in [4.78, 5) is 10.3. The van der Waals surface area contributed by atoms with E-state index in [9.17, 15) is 9.90 Å². The number of carbonyl (C=O) groups is 1. The molecule has 0 spiro atoms. The van der Waals surface area contributed by atoms with Crippen molar-refractivity contribution in [3.63, 3.8) is 0 Å². The van der Waals surface area contributed by atoms with Crippen molar-refractivity contribution in [3.05, 3.63) is 48.3 Å². The van der Waals surface area contributed by atoms with Crippen LogP contribution in [0.25, 0.3) is 0 Å². The van der Waals surface area contributed by atoms with Gasteiger partial charge in [0.05, 0.1) is 0 Å². The summed E-state index contributed by atoms with van der Waals surface area (Å²) in [5.74, 6) is -0.987. The molecule has 0 fully saturated rings. The Balaban J connectivity index is 3.40. The van der Waals surface area contributed by atoms with Crippen molar-refractivity contribution in [2.45, 2.75) is 96.8 Å². The molecule has 0 atom stereocenters. The van der Waals surface area contributed by atoms with Gasteiger partial charge in [-0.3, -0.25) is 0 Å². The number of aliphatic carboxylic acids is 1. The number of aliphatic hydroxyl groups excluding tert-OH is 1. The van der Waals surface area contributed by atoms with Gasteiger partial charge < -0.3 is 10.2 Å². The highest BCUT2D eigenvalue weighted by atomic mass is 16.4. The van der Waals surface area contributed by atoms with Crippen molar-refractivity contribution >= 4 is 5.97 Å². The minimum absolute atomic E-state index is 0.0399. The summed E-state index contributed by atoms with van der Waals surface area (Å²) in [6.45, 7) is 2.27. The van der Waals surface area contributed by atoms with Crippen molar-refractivity contribution < 1.29 is 15.0 Å². The normalized spacial score (nSPS) is 12.7. The summed E-state index contributed by atoms with van der Waals surface area (Å²) in [5, 5.41) is 17.9. The average Bonchev–Trinajstić information content (AvgIpc) is 2.64. The average molecular weight is 377 g/mol. The van der Waals surface area contributed by atoms with Crippen LogP contribution in [-0.2, 0) is 4.79 Å². The van der Waals surface area contributed by atoms with E-state index >= 15 is 0 Å². The van der Waals surface area contributed by atoms with E-state index in [1.165, 1.54) is 95.6 Å². The third-order valence-corrected chi connectivity index (χ3v) is 4.49. The lowest BCUT2D eigenvalue weighted by Crippen LogP contribution is -1.84. The van der Waals surface area contributed by atoms with Crippen molar-refractivity contribution in [2.24, 2.45) is 0 Å². The number of aliphatic hydroxyl groups is 1. The van der Waals surface area contributed by atoms with Gasteiger partial charge in [0.25, 0.3) is 0 Å². The molecule has 0 saturated carbocycles. The molecule has 0 rings (SSSR count). The van der Waals surface area contributed by atoms with E-state index in [4.69, 9.17) is 5.11 Å². The molecule has 154 valence electrons. The number of carboxylic acids is 1. The second-order valence-corrected chi connectivity index (χ2v) is 7.11. The van der Waals surface area contributed by atoms with Crippen LogP contribution in [0.3, 0.4) is 0 Å². The highest BCUT2D eigenvalue weighted by Gasteiger charge is 1.93. The number of hydrogen-bond acceptors (Lipinski definition) is 2. The molecule has 0 amide bonds. The molecule has 0 aliphatic carbocycles. The minimum Gasteiger partial charge on any atom is -0.508 e. The number of hydrogen-bond donors (Lipinski definition) is 2. The molecule has 0 bridgehead atoms. The minimum atomic E-state index is -1.03. The van der Waals surface area contributed by atoms with Gasteiger partial charge in [0.2, 0.25) is 0 Å². The molecule has 0 saturated heterocycles. The summed E-state index contributed by atoms with van der Waals surface area (Å²) < 4.78 is 0. The molecule has 0 aromatic heterocycles. The number of unbranched alkanes of at least 4 members (excludes halogenated alkanes) is 13. The summed E-state index contributed by atoms with van der Waals surface area (Å²) >= 11 is 0. The van der Waals surface area contributed by atoms with Crippen LogP contribution in [0.5, 0.6) is 0 Å². The molecular formula is C24H40O3. The zero-order chi connectivity index (χ0) is 20.0. The molecule has 0 aromatic carbocycles. The van der Waals surface area contributed by atoms with Crippen molar-refractivity contribution in [1.29, 1.82) is 0 Å². The van der Waals surface area contributed by atoms with Crippen molar-refractivity contribution in [2.75, 3.05) is 0 Å². The fraction of sp³-hybridized carbons (Fsp3) is 0.625. The van der Waals surface area contributed by atoms with Gasteiger partial charge in [0.1, 0.15) is 5.76 Å². The second kappa shape index (κ2) is 20.5. The van der Waals surface area contributed by atoms with E-state index in [1.54, 1.807) is 12.2 Å². The summed E-state index contributed by atoms with van der Waals surface area (Å²) in [5.41, 5.74) is 0. The molecule has 3 nitrogen and oxygen atoms in total. The van der Waals surface area contributed by atoms with Crippen LogP contribution in [0, 0.1) is 0 Å². The first-order valence-corrected chi connectivity index (χ1v) is 10.8. The predicted molar refractivity (Wildman–Crippen MR) is 116 cm³/mol.